The second kappa shape index (κ2) is 7.79. The zero-order chi connectivity index (χ0) is 16.9. The van der Waals surface area contributed by atoms with Crippen LogP contribution in [-0.4, -0.2) is 48.3 Å². The van der Waals surface area contributed by atoms with Crippen molar-refractivity contribution in [3.8, 4) is 0 Å². The van der Waals surface area contributed by atoms with E-state index >= 15 is 0 Å². The maximum atomic E-state index is 12.2. The van der Waals surface area contributed by atoms with Crippen molar-refractivity contribution in [1.29, 1.82) is 0 Å². The molecule has 130 valence electrons. The van der Waals surface area contributed by atoms with Crippen LogP contribution in [0.2, 0.25) is 0 Å². The highest BCUT2D eigenvalue weighted by Crippen LogP contribution is 2.29. The molecule has 1 aliphatic heterocycles. The first kappa shape index (κ1) is 17.0. The van der Waals surface area contributed by atoms with Gasteiger partial charge in [-0.05, 0) is 24.3 Å². The van der Waals surface area contributed by atoms with Gasteiger partial charge >= 0.3 is 0 Å². The van der Waals surface area contributed by atoms with Gasteiger partial charge < -0.3 is 15.5 Å². The summed E-state index contributed by atoms with van der Waals surface area (Å²) >= 11 is 1.39. The van der Waals surface area contributed by atoms with E-state index in [0.29, 0.717) is 37.0 Å². The van der Waals surface area contributed by atoms with Crippen LogP contribution in [0.1, 0.15) is 41.8 Å². The van der Waals surface area contributed by atoms with Crippen molar-refractivity contribution in [2.75, 3.05) is 19.6 Å². The molecule has 1 aliphatic carbocycles. The molecule has 1 saturated heterocycles. The Morgan fingerprint density at radius 3 is 2.67 bits per heavy atom. The summed E-state index contributed by atoms with van der Waals surface area (Å²) in [5.74, 6) is -0.365. The fourth-order valence-electron chi connectivity index (χ4n) is 3.48. The number of nitrogens with one attached hydrogen (secondary N) is 2. The van der Waals surface area contributed by atoms with Gasteiger partial charge in [-0.1, -0.05) is 18.9 Å². The fraction of sp³-hybridized carbons (Fsp3) is 0.588. The van der Waals surface area contributed by atoms with Gasteiger partial charge in [0.15, 0.2) is 0 Å². The molecule has 2 fully saturated rings. The Hall–Kier alpha value is -1.89. The molecule has 1 unspecified atom stereocenters. The summed E-state index contributed by atoms with van der Waals surface area (Å²) < 4.78 is 0. The average Bonchev–Trinajstić information content (AvgIpc) is 3.30. The Morgan fingerprint density at radius 2 is 1.96 bits per heavy atom. The summed E-state index contributed by atoms with van der Waals surface area (Å²) in [4.78, 5) is 38.7. The Bertz CT molecular complexity index is 596. The predicted octanol–water partition coefficient (Wildman–Crippen LogP) is 1.39. The van der Waals surface area contributed by atoms with Crippen molar-refractivity contribution >= 4 is 29.1 Å². The van der Waals surface area contributed by atoms with Crippen molar-refractivity contribution in [1.82, 2.24) is 15.5 Å². The number of hydrogen-bond acceptors (Lipinski definition) is 4. The Morgan fingerprint density at radius 1 is 1.21 bits per heavy atom. The van der Waals surface area contributed by atoms with Gasteiger partial charge in [0.2, 0.25) is 11.8 Å². The number of thiophene rings is 1. The van der Waals surface area contributed by atoms with E-state index in [9.17, 15) is 14.4 Å². The number of carbonyl (C=O) groups is 3. The van der Waals surface area contributed by atoms with Crippen LogP contribution in [0.25, 0.3) is 0 Å². The average molecular weight is 349 g/mol. The highest BCUT2D eigenvalue weighted by molar-refractivity contribution is 7.12. The predicted molar refractivity (Wildman–Crippen MR) is 91.7 cm³/mol. The van der Waals surface area contributed by atoms with Crippen LogP contribution in [0.15, 0.2) is 17.5 Å². The summed E-state index contributed by atoms with van der Waals surface area (Å²) in [5.41, 5.74) is 0. The molecule has 3 rings (SSSR count). The third-order valence-electron chi connectivity index (χ3n) is 4.75. The minimum atomic E-state index is -0.258. The smallest absolute Gasteiger partial charge is 0.261 e. The molecule has 6 nitrogen and oxygen atoms in total. The lowest BCUT2D eigenvalue weighted by atomic mass is 10.1. The van der Waals surface area contributed by atoms with Crippen molar-refractivity contribution in [3.05, 3.63) is 22.4 Å². The van der Waals surface area contributed by atoms with E-state index in [0.717, 1.165) is 12.8 Å². The maximum Gasteiger partial charge on any atom is 0.261 e. The molecule has 1 aromatic rings. The van der Waals surface area contributed by atoms with Crippen LogP contribution in [0.5, 0.6) is 0 Å². The third-order valence-corrected chi connectivity index (χ3v) is 5.62. The van der Waals surface area contributed by atoms with Gasteiger partial charge in [-0.25, -0.2) is 0 Å². The standard InChI is InChI=1S/C17H23N3O3S/c21-15-10-12(11-20(15)13-4-1-2-5-13)16(22)18-7-8-19-17(23)14-6-3-9-24-14/h3,6,9,12-13H,1-2,4-5,7-8,10-11H2,(H,18,22)(H,19,23). The number of nitrogens with zero attached hydrogens (tertiary/aromatic N) is 1. The first-order valence-corrected chi connectivity index (χ1v) is 9.42. The second-order valence-corrected chi connectivity index (χ2v) is 7.36. The molecular formula is C17H23N3O3S. The van der Waals surface area contributed by atoms with Crippen LogP contribution in [0, 0.1) is 5.92 Å². The Kier molecular flexibility index (Phi) is 5.50. The lowest BCUT2D eigenvalue weighted by molar-refractivity contribution is -0.130. The SMILES string of the molecule is O=C(NCCNC(=O)C1CC(=O)N(C2CCCC2)C1)c1cccs1. The molecule has 0 radical (unpaired) electrons. The van der Waals surface area contributed by atoms with E-state index < -0.39 is 0 Å². The number of hydrogen-bond donors (Lipinski definition) is 2. The van der Waals surface area contributed by atoms with E-state index in [-0.39, 0.29) is 23.6 Å². The highest BCUT2D eigenvalue weighted by Gasteiger charge is 2.38. The molecule has 2 aliphatic rings. The van der Waals surface area contributed by atoms with E-state index in [1.807, 2.05) is 16.3 Å². The minimum absolute atomic E-state index is 0.0887. The zero-order valence-electron chi connectivity index (χ0n) is 13.6. The zero-order valence-corrected chi connectivity index (χ0v) is 14.4. The first-order valence-electron chi connectivity index (χ1n) is 8.54. The van der Waals surface area contributed by atoms with Gasteiger partial charge in [-0.15, -0.1) is 11.3 Å². The molecular weight excluding hydrogens is 326 g/mol. The Labute approximate surface area is 145 Å². The number of carbonyl (C=O) groups excluding carboxylic acids is 3. The third kappa shape index (κ3) is 3.95. The van der Waals surface area contributed by atoms with E-state index in [1.165, 1.54) is 24.2 Å². The lowest BCUT2D eigenvalue weighted by Gasteiger charge is -2.23. The van der Waals surface area contributed by atoms with Crippen molar-refractivity contribution in [3.63, 3.8) is 0 Å². The molecule has 24 heavy (non-hydrogen) atoms. The molecule has 0 bridgehead atoms. The highest BCUT2D eigenvalue weighted by atomic mass is 32.1. The number of likely N-dealkylation sites (tertiary alicyclic amines) is 1. The topological polar surface area (TPSA) is 78.5 Å². The Balaban J connectivity index is 1.38. The first-order chi connectivity index (χ1) is 11.6. The maximum absolute atomic E-state index is 12.2. The fourth-order valence-corrected chi connectivity index (χ4v) is 4.12. The molecule has 2 N–H and O–H groups in total. The largest absolute Gasteiger partial charge is 0.354 e. The molecule has 3 amide bonds. The second-order valence-electron chi connectivity index (χ2n) is 6.41. The molecule has 1 saturated carbocycles. The summed E-state index contributed by atoms with van der Waals surface area (Å²) in [6.45, 7) is 1.30. The summed E-state index contributed by atoms with van der Waals surface area (Å²) in [7, 11) is 0. The van der Waals surface area contributed by atoms with E-state index in [4.69, 9.17) is 0 Å². The molecule has 2 heterocycles. The summed E-state index contributed by atoms with van der Waals surface area (Å²) in [6, 6.07) is 3.93. The molecule has 1 atom stereocenters. The molecule has 7 heteroatoms. The summed E-state index contributed by atoms with van der Waals surface area (Å²) in [5, 5.41) is 7.45. The molecule has 0 spiro atoms. The summed E-state index contributed by atoms with van der Waals surface area (Å²) in [6.07, 6.45) is 4.79. The van der Waals surface area contributed by atoms with Gasteiger partial charge in [-0.2, -0.15) is 0 Å². The van der Waals surface area contributed by atoms with Gasteiger partial charge in [0.25, 0.3) is 5.91 Å². The minimum Gasteiger partial charge on any atom is -0.354 e. The van der Waals surface area contributed by atoms with Gasteiger partial charge in [0.05, 0.1) is 10.8 Å². The van der Waals surface area contributed by atoms with Gasteiger partial charge in [0.1, 0.15) is 0 Å². The van der Waals surface area contributed by atoms with Crippen molar-refractivity contribution in [2.45, 2.75) is 38.1 Å². The van der Waals surface area contributed by atoms with Crippen molar-refractivity contribution in [2.24, 2.45) is 5.92 Å². The van der Waals surface area contributed by atoms with Gasteiger partial charge in [-0.3, -0.25) is 14.4 Å². The van der Waals surface area contributed by atoms with Gasteiger partial charge in [0, 0.05) is 32.1 Å². The lowest BCUT2D eigenvalue weighted by Crippen LogP contribution is -2.39. The molecule has 1 aromatic heterocycles. The quantitative estimate of drug-likeness (QED) is 0.762. The molecule has 0 aromatic carbocycles. The van der Waals surface area contributed by atoms with E-state index in [2.05, 4.69) is 10.6 Å². The van der Waals surface area contributed by atoms with Crippen LogP contribution < -0.4 is 10.6 Å². The monoisotopic (exact) mass is 349 g/mol. The van der Waals surface area contributed by atoms with Crippen LogP contribution in [-0.2, 0) is 9.59 Å². The number of rotatable bonds is 6. The van der Waals surface area contributed by atoms with Crippen LogP contribution >= 0.6 is 11.3 Å². The van der Waals surface area contributed by atoms with E-state index in [1.54, 1.807) is 6.07 Å². The van der Waals surface area contributed by atoms with Crippen molar-refractivity contribution < 1.29 is 14.4 Å². The van der Waals surface area contributed by atoms with Crippen LogP contribution in [0.4, 0.5) is 0 Å². The van der Waals surface area contributed by atoms with Crippen LogP contribution in [0.3, 0.4) is 0 Å². The normalized spacial score (nSPS) is 21.2. The number of amides is 3.